The molecular formula is C31H60O4. The summed E-state index contributed by atoms with van der Waals surface area (Å²) in [6, 6.07) is 0. The van der Waals surface area contributed by atoms with Gasteiger partial charge in [-0.3, -0.25) is 9.59 Å². The molecule has 0 bridgehead atoms. The van der Waals surface area contributed by atoms with E-state index in [0.29, 0.717) is 19.6 Å². The first-order valence-corrected chi connectivity index (χ1v) is 15.5. The van der Waals surface area contributed by atoms with E-state index in [4.69, 9.17) is 9.47 Å². The van der Waals surface area contributed by atoms with Gasteiger partial charge in [-0.2, -0.15) is 0 Å². The normalized spacial score (nSPS) is 12.0. The predicted molar refractivity (Wildman–Crippen MR) is 149 cm³/mol. The molecule has 0 saturated heterocycles. The number of unbranched alkanes of at least 4 members (excludes halogenated alkanes) is 17. The van der Waals surface area contributed by atoms with Crippen molar-refractivity contribution in [2.75, 3.05) is 13.2 Å². The van der Waals surface area contributed by atoms with E-state index < -0.39 is 0 Å². The second-order valence-electron chi connectivity index (χ2n) is 10.4. The van der Waals surface area contributed by atoms with Gasteiger partial charge in [0.2, 0.25) is 0 Å². The number of carbonyl (C=O) groups is 2. The van der Waals surface area contributed by atoms with E-state index in [1.54, 1.807) is 0 Å². The summed E-state index contributed by atoms with van der Waals surface area (Å²) in [6.45, 7) is 7.73. The first-order chi connectivity index (χ1) is 17.2. The monoisotopic (exact) mass is 496 g/mol. The molecule has 0 aliphatic rings. The molecule has 1 atom stereocenters. The van der Waals surface area contributed by atoms with Gasteiger partial charge in [0.25, 0.3) is 0 Å². The van der Waals surface area contributed by atoms with Gasteiger partial charge in [0.05, 0.1) is 19.1 Å². The van der Waals surface area contributed by atoms with Crippen molar-refractivity contribution in [2.45, 2.75) is 168 Å². The third kappa shape index (κ3) is 24.4. The lowest BCUT2D eigenvalue weighted by Crippen LogP contribution is -2.17. The van der Waals surface area contributed by atoms with Crippen LogP contribution >= 0.6 is 0 Å². The standard InChI is InChI=1S/C31H60O4/c1-4-7-9-19-23-27-34-30(32)26-22-18-16-14-12-11-13-15-17-21-25-29(6-3)31(33)35-28-24-20-10-8-5-2/h29H,4-28H2,1-3H3. The van der Waals surface area contributed by atoms with Crippen LogP contribution in [0.1, 0.15) is 168 Å². The summed E-state index contributed by atoms with van der Waals surface area (Å²) in [5, 5.41) is 0. The summed E-state index contributed by atoms with van der Waals surface area (Å²) >= 11 is 0. The number of hydrogen-bond acceptors (Lipinski definition) is 4. The minimum Gasteiger partial charge on any atom is -0.466 e. The molecule has 0 aromatic carbocycles. The van der Waals surface area contributed by atoms with Gasteiger partial charge >= 0.3 is 11.9 Å². The Morgan fingerprint density at radius 1 is 0.514 bits per heavy atom. The molecule has 0 aliphatic heterocycles. The van der Waals surface area contributed by atoms with Crippen molar-refractivity contribution in [3.8, 4) is 0 Å². The third-order valence-electron chi connectivity index (χ3n) is 7.01. The summed E-state index contributed by atoms with van der Waals surface area (Å²) in [4.78, 5) is 24.0. The summed E-state index contributed by atoms with van der Waals surface area (Å²) in [6.07, 6.45) is 26.5. The van der Waals surface area contributed by atoms with Crippen molar-refractivity contribution in [2.24, 2.45) is 5.92 Å². The van der Waals surface area contributed by atoms with E-state index in [1.165, 1.54) is 96.3 Å². The maximum absolute atomic E-state index is 12.3. The van der Waals surface area contributed by atoms with Gasteiger partial charge in [-0.05, 0) is 32.1 Å². The molecule has 0 N–H and O–H groups in total. The summed E-state index contributed by atoms with van der Waals surface area (Å²) in [5.41, 5.74) is 0. The summed E-state index contributed by atoms with van der Waals surface area (Å²) in [7, 11) is 0. The van der Waals surface area contributed by atoms with E-state index in [0.717, 1.165) is 44.9 Å². The van der Waals surface area contributed by atoms with Crippen LogP contribution < -0.4 is 0 Å². The van der Waals surface area contributed by atoms with Gasteiger partial charge in [0.1, 0.15) is 0 Å². The van der Waals surface area contributed by atoms with Crippen LogP contribution in [0, 0.1) is 5.92 Å². The third-order valence-corrected chi connectivity index (χ3v) is 7.01. The zero-order valence-corrected chi connectivity index (χ0v) is 23.9. The molecular weight excluding hydrogens is 436 g/mol. The number of rotatable bonds is 27. The zero-order chi connectivity index (χ0) is 25.8. The predicted octanol–water partition coefficient (Wildman–Crippen LogP) is 9.72. The van der Waals surface area contributed by atoms with E-state index >= 15 is 0 Å². The first-order valence-electron chi connectivity index (χ1n) is 15.5. The molecule has 0 heterocycles. The van der Waals surface area contributed by atoms with Crippen molar-refractivity contribution < 1.29 is 19.1 Å². The van der Waals surface area contributed by atoms with Crippen LogP contribution in [0.2, 0.25) is 0 Å². The SMILES string of the molecule is CCCCCCCOC(=O)CCCCCCCCCCCCC(CC)C(=O)OCCCCCCC. The maximum atomic E-state index is 12.3. The Kier molecular flexibility index (Phi) is 26.7. The van der Waals surface area contributed by atoms with Crippen molar-refractivity contribution >= 4 is 11.9 Å². The molecule has 0 rings (SSSR count). The Labute approximate surface area is 218 Å². The Morgan fingerprint density at radius 2 is 0.943 bits per heavy atom. The number of ether oxygens (including phenoxy) is 2. The molecule has 0 aromatic heterocycles. The molecule has 0 spiro atoms. The van der Waals surface area contributed by atoms with Gasteiger partial charge in [-0.1, -0.05) is 130 Å². The van der Waals surface area contributed by atoms with Crippen LogP contribution in [0.5, 0.6) is 0 Å². The van der Waals surface area contributed by atoms with E-state index in [-0.39, 0.29) is 17.9 Å². The van der Waals surface area contributed by atoms with E-state index in [1.807, 2.05) is 0 Å². The highest BCUT2D eigenvalue weighted by molar-refractivity contribution is 5.72. The fourth-order valence-corrected chi connectivity index (χ4v) is 4.52. The average molecular weight is 497 g/mol. The minimum atomic E-state index is -0.0125. The van der Waals surface area contributed by atoms with Gasteiger partial charge in [-0.25, -0.2) is 0 Å². The van der Waals surface area contributed by atoms with Crippen molar-refractivity contribution in [3.63, 3.8) is 0 Å². The fraction of sp³-hybridized carbons (Fsp3) is 0.935. The van der Waals surface area contributed by atoms with Crippen LogP contribution in [0.3, 0.4) is 0 Å². The van der Waals surface area contributed by atoms with Crippen molar-refractivity contribution in [1.29, 1.82) is 0 Å². The molecule has 4 heteroatoms. The first kappa shape index (κ1) is 33.9. The smallest absolute Gasteiger partial charge is 0.308 e. The summed E-state index contributed by atoms with van der Waals surface area (Å²) in [5.74, 6) is 0.105. The quantitative estimate of drug-likeness (QED) is 0.0838. The molecule has 0 aromatic rings. The van der Waals surface area contributed by atoms with Gasteiger partial charge in [0, 0.05) is 6.42 Å². The molecule has 208 valence electrons. The molecule has 0 amide bonds. The van der Waals surface area contributed by atoms with Crippen LogP contribution in [-0.2, 0) is 19.1 Å². The molecule has 0 radical (unpaired) electrons. The molecule has 0 fully saturated rings. The van der Waals surface area contributed by atoms with Crippen LogP contribution in [0.25, 0.3) is 0 Å². The second-order valence-corrected chi connectivity index (χ2v) is 10.4. The topological polar surface area (TPSA) is 52.6 Å². The second kappa shape index (κ2) is 27.5. The fourth-order valence-electron chi connectivity index (χ4n) is 4.52. The van der Waals surface area contributed by atoms with Crippen LogP contribution in [0.15, 0.2) is 0 Å². The maximum Gasteiger partial charge on any atom is 0.308 e. The van der Waals surface area contributed by atoms with Crippen molar-refractivity contribution in [1.82, 2.24) is 0 Å². The van der Waals surface area contributed by atoms with Gasteiger partial charge in [0.15, 0.2) is 0 Å². The molecule has 4 nitrogen and oxygen atoms in total. The largest absolute Gasteiger partial charge is 0.466 e. The Hall–Kier alpha value is -1.06. The number of esters is 2. The Morgan fingerprint density at radius 3 is 1.46 bits per heavy atom. The number of hydrogen-bond donors (Lipinski definition) is 0. The van der Waals surface area contributed by atoms with Crippen molar-refractivity contribution in [3.05, 3.63) is 0 Å². The lowest BCUT2D eigenvalue weighted by Gasteiger charge is -2.14. The lowest BCUT2D eigenvalue weighted by molar-refractivity contribution is -0.149. The highest BCUT2D eigenvalue weighted by atomic mass is 16.5. The molecule has 0 aliphatic carbocycles. The Bertz CT molecular complexity index is 463. The summed E-state index contributed by atoms with van der Waals surface area (Å²) < 4.78 is 10.8. The zero-order valence-electron chi connectivity index (χ0n) is 23.9. The minimum absolute atomic E-state index is 0.0125. The lowest BCUT2D eigenvalue weighted by atomic mass is 9.97. The highest BCUT2D eigenvalue weighted by Crippen LogP contribution is 2.18. The van der Waals surface area contributed by atoms with E-state index in [9.17, 15) is 9.59 Å². The highest BCUT2D eigenvalue weighted by Gasteiger charge is 2.17. The van der Waals surface area contributed by atoms with E-state index in [2.05, 4.69) is 20.8 Å². The van der Waals surface area contributed by atoms with Gasteiger partial charge < -0.3 is 9.47 Å². The van der Waals surface area contributed by atoms with Gasteiger partial charge in [-0.15, -0.1) is 0 Å². The van der Waals surface area contributed by atoms with Crippen LogP contribution in [-0.4, -0.2) is 25.2 Å². The molecule has 35 heavy (non-hydrogen) atoms. The Balaban J connectivity index is 3.42. The molecule has 1 unspecified atom stereocenters. The molecule has 0 saturated carbocycles. The number of carbonyl (C=O) groups excluding carboxylic acids is 2. The van der Waals surface area contributed by atoms with Crippen LogP contribution in [0.4, 0.5) is 0 Å². The average Bonchev–Trinajstić information content (AvgIpc) is 2.86.